The van der Waals surface area contributed by atoms with E-state index in [-0.39, 0.29) is 17.9 Å². The number of carbonyl (C=O) groups is 1. The first-order valence-corrected chi connectivity index (χ1v) is 10.4. The van der Waals surface area contributed by atoms with E-state index in [1.165, 1.54) is 11.1 Å². The van der Waals surface area contributed by atoms with Gasteiger partial charge < -0.3 is 9.80 Å². The third-order valence-corrected chi connectivity index (χ3v) is 6.18. The van der Waals surface area contributed by atoms with Crippen molar-refractivity contribution in [2.45, 2.75) is 58.0 Å². The minimum Gasteiger partial charge on any atom is -0.332 e. The number of fused-ring (bicyclic) bond motifs is 1. The van der Waals surface area contributed by atoms with Crippen LogP contribution < -0.4 is 0 Å². The second-order valence-corrected chi connectivity index (χ2v) is 8.36. The van der Waals surface area contributed by atoms with Crippen LogP contribution in [0.5, 0.6) is 0 Å². The van der Waals surface area contributed by atoms with Gasteiger partial charge in [0.05, 0.1) is 12.0 Å². The van der Waals surface area contributed by atoms with Crippen molar-refractivity contribution in [1.29, 1.82) is 0 Å². The second kappa shape index (κ2) is 8.00. The number of hydrogen-bond acceptors (Lipinski definition) is 4. The molecule has 1 amide bonds. The number of likely N-dealkylation sites (tertiary alicyclic amines) is 1. The van der Waals surface area contributed by atoms with Crippen LogP contribution >= 0.6 is 0 Å². The molecule has 0 N–H and O–H groups in total. The molecule has 2 aliphatic heterocycles. The molecule has 2 aliphatic rings. The normalized spacial score (nSPS) is 21.2. The van der Waals surface area contributed by atoms with Crippen molar-refractivity contribution in [3.8, 4) is 0 Å². The van der Waals surface area contributed by atoms with Crippen LogP contribution in [0.2, 0.25) is 0 Å². The van der Waals surface area contributed by atoms with Crippen molar-refractivity contribution >= 4 is 5.91 Å². The molecule has 0 unspecified atom stereocenters. The molecule has 5 nitrogen and oxygen atoms in total. The van der Waals surface area contributed by atoms with Gasteiger partial charge in [-0.05, 0) is 45.7 Å². The number of carbonyl (C=O) groups excluding carboxylic acids is 1. The minimum atomic E-state index is -0.146. The Labute approximate surface area is 167 Å². The van der Waals surface area contributed by atoms with E-state index in [9.17, 15) is 4.79 Å². The minimum absolute atomic E-state index is 0.000829. The lowest BCUT2D eigenvalue weighted by Crippen LogP contribution is -2.41. The Hall–Kier alpha value is -2.27. The number of aromatic nitrogens is 2. The summed E-state index contributed by atoms with van der Waals surface area (Å²) in [5.41, 5.74) is 4.67. The fourth-order valence-electron chi connectivity index (χ4n) is 4.34. The number of aryl methyl sites for hydroxylation is 1. The molecule has 3 heterocycles. The van der Waals surface area contributed by atoms with Crippen LogP contribution in [-0.4, -0.2) is 45.8 Å². The molecule has 0 spiro atoms. The first kappa shape index (κ1) is 19.1. The van der Waals surface area contributed by atoms with E-state index >= 15 is 0 Å². The Bertz CT molecular complexity index is 848. The van der Waals surface area contributed by atoms with Gasteiger partial charge in [0.2, 0.25) is 5.91 Å². The molecule has 5 heteroatoms. The maximum atomic E-state index is 13.4. The number of likely N-dealkylation sites (N-methyl/N-ethyl adjacent to an activating group) is 1. The van der Waals surface area contributed by atoms with Gasteiger partial charge in [0.1, 0.15) is 0 Å². The quantitative estimate of drug-likeness (QED) is 0.818. The average molecular weight is 379 g/mol. The molecule has 1 aromatic heterocycles. The van der Waals surface area contributed by atoms with E-state index < -0.39 is 0 Å². The molecule has 148 valence electrons. The number of nitrogens with zero attached hydrogens (tertiary/aromatic N) is 4. The highest BCUT2D eigenvalue weighted by Gasteiger charge is 2.33. The van der Waals surface area contributed by atoms with Crippen molar-refractivity contribution in [2.24, 2.45) is 0 Å². The Morgan fingerprint density at radius 3 is 2.75 bits per heavy atom. The zero-order valence-electron chi connectivity index (χ0n) is 17.2. The summed E-state index contributed by atoms with van der Waals surface area (Å²) in [6, 6.07) is 8.30. The average Bonchev–Trinajstić information content (AvgIpc) is 2.73. The van der Waals surface area contributed by atoms with Gasteiger partial charge in [-0.3, -0.25) is 4.79 Å². The topological polar surface area (TPSA) is 49.3 Å². The first-order valence-electron chi connectivity index (χ1n) is 10.4. The van der Waals surface area contributed by atoms with Crippen LogP contribution in [0, 0.1) is 6.92 Å². The summed E-state index contributed by atoms with van der Waals surface area (Å²) in [4.78, 5) is 27.3. The maximum Gasteiger partial charge on any atom is 0.230 e. The van der Waals surface area contributed by atoms with E-state index in [4.69, 9.17) is 9.97 Å². The van der Waals surface area contributed by atoms with Gasteiger partial charge in [0.25, 0.3) is 0 Å². The molecule has 2 atom stereocenters. The number of benzene rings is 1. The molecule has 0 aliphatic carbocycles. The summed E-state index contributed by atoms with van der Waals surface area (Å²) >= 11 is 0. The fraction of sp³-hybridized carbons (Fsp3) is 0.522. The highest BCUT2D eigenvalue weighted by atomic mass is 16.2. The van der Waals surface area contributed by atoms with E-state index in [2.05, 4.69) is 43.1 Å². The van der Waals surface area contributed by atoms with Crippen LogP contribution in [0.3, 0.4) is 0 Å². The summed E-state index contributed by atoms with van der Waals surface area (Å²) in [6.07, 6.45) is 6.07. The monoisotopic (exact) mass is 378 g/mol. The summed E-state index contributed by atoms with van der Waals surface area (Å²) in [6.45, 7) is 6.82. The molecule has 1 saturated heterocycles. The zero-order valence-corrected chi connectivity index (χ0v) is 17.2. The van der Waals surface area contributed by atoms with E-state index in [1.54, 1.807) is 0 Å². The lowest BCUT2D eigenvalue weighted by atomic mass is 9.94. The number of piperidine rings is 1. The van der Waals surface area contributed by atoms with Gasteiger partial charge in [-0.1, -0.05) is 29.8 Å². The van der Waals surface area contributed by atoms with Crippen molar-refractivity contribution in [3.05, 3.63) is 58.7 Å². The smallest absolute Gasteiger partial charge is 0.230 e. The van der Waals surface area contributed by atoms with Gasteiger partial charge in [0, 0.05) is 43.5 Å². The van der Waals surface area contributed by atoms with Crippen LogP contribution in [-0.2, 0) is 17.8 Å². The molecule has 0 bridgehead atoms. The Morgan fingerprint density at radius 1 is 1.18 bits per heavy atom. The van der Waals surface area contributed by atoms with E-state index in [0.29, 0.717) is 0 Å². The van der Waals surface area contributed by atoms with E-state index in [1.807, 2.05) is 18.0 Å². The molecular weight excluding hydrogens is 348 g/mol. The van der Waals surface area contributed by atoms with Crippen LogP contribution in [0.4, 0.5) is 0 Å². The summed E-state index contributed by atoms with van der Waals surface area (Å²) in [5, 5.41) is 0. The third-order valence-electron chi connectivity index (χ3n) is 6.18. The van der Waals surface area contributed by atoms with Gasteiger partial charge in [-0.25, -0.2) is 9.97 Å². The van der Waals surface area contributed by atoms with E-state index in [0.717, 1.165) is 62.4 Å². The summed E-state index contributed by atoms with van der Waals surface area (Å²) in [7, 11) is 2.13. The Kier molecular flexibility index (Phi) is 5.44. The van der Waals surface area contributed by atoms with Gasteiger partial charge in [0.15, 0.2) is 5.82 Å². The van der Waals surface area contributed by atoms with Crippen molar-refractivity contribution in [3.63, 3.8) is 0 Å². The predicted octanol–water partition coefficient (Wildman–Crippen LogP) is 3.63. The number of hydrogen-bond donors (Lipinski definition) is 0. The number of rotatable bonds is 3. The summed E-state index contributed by atoms with van der Waals surface area (Å²) in [5.74, 6) is 0.870. The fourth-order valence-corrected chi connectivity index (χ4v) is 4.34. The van der Waals surface area contributed by atoms with Gasteiger partial charge in [-0.15, -0.1) is 0 Å². The Balaban J connectivity index is 1.58. The summed E-state index contributed by atoms with van der Waals surface area (Å²) < 4.78 is 0. The molecule has 1 fully saturated rings. The molecule has 4 rings (SSSR count). The molecule has 0 radical (unpaired) electrons. The first-order chi connectivity index (χ1) is 13.5. The largest absolute Gasteiger partial charge is 0.332 e. The predicted molar refractivity (Wildman–Crippen MR) is 110 cm³/mol. The SMILES string of the molecule is Cc1ccc([C@@H](C)C(=O)N2CCCC[C@H]2c2ncc3c(n2)CCN(C)C3)cc1. The molecule has 0 saturated carbocycles. The third kappa shape index (κ3) is 3.81. The van der Waals surface area contributed by atoms with Crippen LogP contribution in [0.15, 0.2) is 30.5 Å². The van der Waals surface area contributed by atoms with Crippen molar-refractivity contribution in [1.82, 2.24) is 19.8 Å². The molecule has 2 aromatic rings. The van der Waals surface area contributed by atoms with Crippen molar-refractivity contribution in [2.75, 3.05) is 20.1 Å². The zero-order chi connectivity index (χ0) is 19.7. The maximum absolute atomic E-state index is 13.4. The van der Waals surface area contributed by atoms with Gasteiger partial charge in [-0.2, -0.15) is 0 Å². The van der Waals surface area contributed by atoms with Gasteiger partial charge >= 0.3 is 0 Å². The highest BCUT2D eigenvalue weighted by molar-refractivity contribution is 5.83. The second-order valence-electron chi connectivity index (χ2n) is 8.36. The highest BCUT2D eigenvalue weighted by Crippen LogP contribution is 2.33. The standard InChI is InChI=1S/C23H30N4O/c1-16-7-9-18(10-8-16)17(2)23(28)27-12-5-4-6-21(27)22-24-14-19-15-26(3)13-11-20(19)25-22/h7-10,14,17,21H,4-6,11-13,15H2,1-3H3/t17-,21+/m1/s1. The molecule has 28 heavy (non-hydrogen) atoms. The Morgan fingerprint density at radius 2 is 1.96 bits per heavy atom. The lowest BCUT2D eigenvalue weighted by molar-refractivity contribution is -0.136. The van der Waals surface area contributed by atoms with Crippen LogP contribution in [0.1, 0.15) is 66.4 Å². The lowest BCUT2D eigenvalue weighted by Gasteiger charge is -2.37. The molecule has 1 aromatic carbocycles. The van der Waals surface area contributed by atoms with Crippen molar-refractivity contribution < 1.29 is 4.79 Å². The van der Waals surface area contributed by atoms with Crippen LogP contribution in [0.25, 0.3) is 0 Å². The number of amides is 1. The molecular formula is C23H30N4O.